The first-order chi connectivity index (χ1) is 8.32. The summed E-state index contributed by atoms with van der Waals surface area (Å²) >= 11 is 6.71. The van der Waals surface area contributed by atoms with Crippen LogP contribution in [0.4, 0.5) is 5.69 Å². The lowest BCUT2D eigenvalue weighted by molar-refractivity contribution is -0.133. The number of amides is 1. The van der Waals surface area contributed by atoms with Gasteiger partial charge in [0.05, 0.1) is 8.95 Å². The van der Waals surface area contributed by atoms with Crippen LogP contribution in [0.15, 0.2) is 21.1 Å². The summed E-state index contributed by atoms with van der Waals surface area (Å²) < 4.78 is 6.95. The highest BCUT2D eigenvalue weighted by Gasteiger charge is 2.15. The van der Waals surface area contributed by atoms with E-state index < -0.39 is 0 Å². The van der Waals surface area contributed by atoms with Crippen molar-refractivity contribution in [2.24, 2.45) is 0 Å². The first kappa shape index (κ1) is 15.3. The number of rotatable bonds is 4. The van der Waals surface area contributed by atoms with Gasteiger partial charge in [-0.15, -0.1) is 0 Å². The molecule has 0 fully saturated rings. The number of nitrogen functional groups attached to an aromatic ring is 1. The van der Waals surface area contributed by atoms with Crippen LogP contribution in [0.5, 0.6) is 5.75 Å². The van der Waals surface area contributed by atoms with Gasteiger partial charge in [0.2, 0.25) is 0 Å². The predicted molar refractivity (Wildman–Crippen MR) is 79.7 cm³/mol. The van der Waals surface area contributed by atoms with Crippen LogP contribution >= 0.6 is 31.9 Å². The molecule has 1 rings (SSSR count). The molecule has 4 nitrogen and oxygen atoms in total. The van der Waals surface area contributed by atoms with Crippen LogP contribution in [0.3, 0.4) is 0 Å². The van der Waals surface area contributed by atoms with Gasteiger partial charge in [-0.05, 0) is 57.8 Å². The maximum atomic E-state index is 11.8. The van der Waals surface area contributed by atoms with Gasteiger partial charge in [-0.3, -0.25) is 4.79 Å². The first-order valence-electron chi connectivity index (χ1n) is 5.46. The Labute approximate surface area is 124 Å². The largest absolute Gasteiger partial charge is 0.481 e. The molecule has 0 radical (unpaired) electrons. The molecule has 18 heavy (non-hydrogen) atoms. The average molecular weight is 380 g/mol. The minimum atomic E-state index is -0.0689. The number of likely N-dealkylation sites (N-methyl/N-ethyl adjacent to an activating group) is 1. The third-order valence-electron chi connectivity index (χ3n) is 2.53. The summed E-state index contributed by atoms with van der Waals surface area (Å²) in [6.45, 7) is 3.90. The van der Waals surface area contributed by atoms with E-state index in [4.69, 9.17) is 10.5 Å². The molecule has 0 saturated heterocycles. The third kappa shape index (κ3) is 3.88. The molecule has 1 amide bonds. The number of carbonyl (C=O) groups excluding carboxylic acids is 1. The molecule has 0 aromatic heterocycles. The minimum absolute atomic E-state index is 0.00417. The molecule has 0 aliphatic rings. The van der Waals surface area contributed by atoms with Gasteiger partial charge in [0.25, 0.3) is 5.91 Å². The Kier molecular flexibility index (Phi) is 5.47. The predicted octanol–water partition coefficient (Wildman–Crippen LogP) is 3.04. The van der Waals surface area contributed by atoms with E-state index in [-0.39, 0.29) is 18.6 Å². The van der Waals surface area contributed by atoms with Crippen LogP contribution in [0.1, 0.15) is 13.8 Å². The van der Waals surface area contributed by atoms with Crippen molar-refractivity contribution in [1.82, 2.24) is 4.90 Å². The molecule has 100 valence electrons. The Morgan fingerprint density at radius 2 is 1.89 bits per heavy atom. The molecule has 1 aromatic carbocycles. The molecule has 0 aliphatic carbocycles. The summed E-state index contributed by atoms with van der Waals surface area (Å²) in [5.74, 6) is 0.510. The average Bonchev–Trinajstić information content (AvgIpc) is 2.25. The molecular formula is C12H16Br2N2O2. The fraction of sp³-hybridized carbons (Fsp3) is 0.417. The van der Waals surface area contributed by atoms with E-state index in [0.717, 1.165) is 8.95 Å². The summed E-state index contributed by atoms with van der Waals surface area (Å²) in [5, 5.41) is 0. The van der Waals surface area contributed by atoms with Crippen molar-refractivity contribution >= 4 is 43.5 Å². The number of anilines is 1. The second-order valence-corrected chi connectivity index (χ2v) is 5.91. The van der Waals surface area contributed by atoms with Crippen molar-refractivity contribution in [2.75, 3.05) is 19.4 Å². The van der Waals surface area contributed by atoms with Crippen LogP contribution in [-0.4, -0.2) is 30.5 Å². The second-order valence-electron chi connectivity index (χ2n) is 4.20. The second kappa shape index (κ2) is 6.43. The lowest BCUT2D eigenvalue weighted by Gasteiger charge is -2.21. The highest BCUT2D eigenvalue weighted by Crippen LogP contribution is 2.35. The fourth-order valence-electron chi connectivity index (χ4n) is 1.24. The van der Waals surface area contributed by atoms with Gasteiger partial charge in [-0.1, -0.05) is 0 Å². The Balaban J connectivity index is 2.73. The first-order valence-corrected chi connectivity index (χ1v) is 7.04. The molecule has 0 aliphatic heterocycles. The molecule has 0 atom stereocenters. The monoisotopic (exact) mass is 378 g/mol. The maximum Gasteiger partial charge on any atom is 0.260 e. The zero-order chi connectivity index (χ0) is 13.9. The number of hydrogen-bond donors (Lipinski definition) is 1. The van der Waals surface area contributed by atoms with E-state index in [0.29, 0.717) is 11.4 Å². The summed E-state index contributed by atoms with van der Waals surface area (Å²) in [4.78, 5) is 13.4. The van der Waals surface area contributed by atoms with E-state index in [1.54, 1.807) is 24.1 Å². The standard InChI is InChI=1S/C12H16Br2N2O2/c1-7(2)16(3)11(17)6-18-12-9(13)4-8(15)5-10(12)14/h4-5,7H,6,15H2,1-3H3. The molecule has 0 unspecified atom stereocenters. The van der Waals surface area contributed by atoms with Gasteiger partial charge in [0.1, 0.15) is 5.75 Å². The Morgan fingerprint density at radius 1 is 1.39 bits per heavy atom. The SMILES string of the molecule is CC(C)N(C)C(=O)COc1c(Br)cc(N)cc1Br. The van der Waals surface area contributed by atoms with Gasteiger partial charge in [-0.25, -0.2) is 0 Å². The quantitative estimate of drug-likeness (QED) is 0.818. The molecule has 0 saturated carbocycles. The molecule has 0 spiro atoms. The number of nitrogens with zero attached hydrogens (tertiary/aromatic N) is 1. The minimum Gasteiger partial charge on any atom is -0.481 e. The number of nitrogens with two attached hydrogens (primary N) is 1. The number of hydrogen-bond acceptors (Lipinski definition) is 3. The van der Waals surface area contributed by atoms with Crippen molar-refractivity contribution in [3.63, 3.8) is 0 Å². The van der Waals surface area contributed by atoms with Crippen molar-refractivity contribution < 1.29 is 9.53 Å². The fourth-order valence-corrected chi connectivity index (χ4v) is 2.69. The molecule has 0 bridgehead atoms. The molecule has 2 N–H and O–H groups in total. The molecule has 1 aromatic rings. The van der Waals surface area contributed by atoms with Crippen molar-refractivity contribution in [3.8, 4) is 5.75 Å². The Morgan fingerprint density at radius 3 is 2.33 bits per heavy atom. The maximum absolute atomic E-state index is 11.8. The van der Waals surface area contributed by atoms with Crippen LogP contribution < -0.4 is 10.5 Å². The van der Waals surface area contributed by atoms with Crippen molar-refractivity contribution in [3.05, 3.63) is 21.1 Å². The van der Waals surface area contributed by atoms with Gasteiger partial charge in [0.15, 0.2) is 6.61 Å². The van der Waals surface area contributed by atoms with Crippen LogP contribution in [0.25, 0.3) is 0 Å². The highest BCUT2D eigenvalue weighted by molar-refractivity contribution is 9.11. The van der Waals surface area contributed by atoms with E-state index in [1.165, 1.54) is 0 Å². The van der Waals surface area contributed by atoms with E-state index >= 15 is 0 Å². The van der Waals surface area contributed by atoms with Crippen molar-refractivity contribution in [2.45, 2.75) is 19.9 Å². The zero-order valence-corrected chi connectivity index (χ0v) is 13.7. The van der Waals surface area contributed by atoms with Crippen LogP contribution in [0, 0.1) is 0 Å². The van der Waals surface area contributed by atoms with Gasteiger partial charge >= 0.3 is 0 Å². The van der Waals surface area contributed by atoms with E-state index in [2.05, 4.69) is 31.9 Å². The topological polar surface area (TPSA) is 55.6 Å². The highest BCUT2D eigenvalue weighted by atomic mass is 79.9. The van der Waals surface area contributed by atoms with E-state index in [9.17, 15) is 4.79 Å². The number of carbonyl (C=O) groups is 1. The Hall–Kier alpha value is -0.750. The van der Waals surface area contributed by atoms with Crippen LogP contribution in [-0.2, 0) is 4.79 Å². The normalized spacial score (nSPS) is 10.6. The van der Waals surface area contributed by atoms with Gasteiger partial charge in [-0.2, -0.15) is 0 Å². The smallest absolute Gasteiger partial charge is 0.260 e. The molecule has 6 heteroatoms. The van der Waals surface area contributed by atoms with Gasteiger partial charge < -0.3 is 15.4 Å². The summed E-state index contributed by atoms with van der Waals surface area (Å²) in [6.07, 6.45) is 0. The van der Waals surface area contributed by atoms with E-state index in [1.807, 2.05) is 13.8 Å². The van der Waals surface area contributed by atoms with Crippen molar-refractivity contribution in [1.29, 1.82) is 0 Å². The molecule has 0 heterocycles. The number of halogens is 2. The summed E-state index contributed by atoms with van der Waals surface area (Å²) in [5.41, 5.74) is 6.30. The summed E-state index contributed by atoms with van der Waals surface area (Å²) in [6, 6.07) is 3.62. The third-order valence-corrected chi connectivity index (χ3v) is 3.71. The van der Waals surface area contributed by atoms with Gasteiger partial charge in [0, 0.05) is 18.8 Å². The summed E-state index contributed by atoms with van der Waals surface area (Å²) in [7, 11) is 1.75. The molecular weight excluding hydrogens is 364 g/mol. The van der Waals surface area contributed by atoms with Crippen LogP contribution in [0.2, 0.25) is 0 Å². The zero-order valence-electron chi connectivity index (χ0n) is 10.5. The Bertz CT molecular complexity index is 427. The lowest BCUT2D eigenvalue weighted by atomic mass is 10.3. The number of benzene rings is 1. The lowest BCUT2D eigenvalue weighted by Crippen LogP contribution is -2.36. The number of ether oxygens (including phenoxy) is 1.